The van der Waals surface area contributed by atoms with Crippen LogP contribution in [0.25, 0.3) is 4.98 Å². The average Bonchev–Trinajstić information content (AvgIpc) is 3.03. The van der Waals surface area contributed by atoms with Gasteiger partial charge in [-0.05, 0) is 81.1 Å². The highest BCUT2D eigenvalue weighted by molar-refractivity contribution is 5.95. The van der Waals surface area contributed by atoms with Crippen molar-refractivity contribution in [3.05, 3.63) is 16.6 Å². The lowest BCUT2D eigenvalue weighted by atomic mass is 9.45. The van der Waals surface area contributed by atoms with E-state index in [-0.39, 0.29) is 41.1 Å². The summed E-state index contributed by atoms with van der Waals surface area (Å²) < 4.78 is 0. The number of hydrogen-bond acceptors (Lipinski definition) is 4. The van der Waals surface area contributed by atoms with E-state index in [0.717, 1.165) is 38.5 Å². The van der Waals surface area contributed by atoms with Crippen molar-refractivity contribution in [3.63, 3.8) is 0 Å². The molecule has 4 aliphatic rings. The Morgan fingerprint density at radius 2 is 1.93 bits per heavy atom. The second-order valence-corrected chi connectivity index (χ2v) is 9.51. The summed E-state index contributed by atoms with van der Waals surface area (Å²) in [7, 11) is 0. The van der Waals surface area contributed by atoms with Gasteiger partial charge in [0.25, 0.3) is 0 Å². The highest BCUT2D eigenvalue weighted by Crippen LogP contribution is 2.67. The summed E-state index contributed by atoms with van der Waals surface area (Å²) in [6.45, 7) is 3.73. The Morgan fingerprint density at radius 3 is 2.63 bits per heavy atom. The van der Waals surface area contributed by atoms with Gasteiger partial charge < -0.3 is 0 Å². The molecule has 6 atom stereocenters. The van der Waals surface area contributed by atoms with Crippen molar-refractivity contribution < 1.29 is 14.4 Å². The van der Waals surface area contributed by atoms with Crippen LogP contribution in [0.2, 0.25) is 0 Å². The minimum Gasteiger partial charge on any atom is -0.300 e. The molecule has 27 heavy (non-hydrogen) atoms. The van der Waals surface area contributed by atoms with Gasteiger partial charge in [-0.3, -0.25) is 14.4 Å². The maximum Gasteiger partial charge on any atom is 0.363 e. The second-order valence-electron chi connectivity index (χ2n) is 9.51. The van der Waals surface area contributed by atoms with Gasteiger partial charge in [0.05, 0.1) is 0 Å². The number of hydrogen-bond donors (Lipinski definition) is 0. The molecule has 5 heteroatoms. The summed E-state index contributed by atoms with van der Waals surface area (Å²) in [4.78, 5) is 40.6. The molecule has 0 amide bonds. The van der Waals surface area contributed by atoms with E-state index in [2.05, 4.69) is 11.9 Å². The Kier molecular flexibility index (Phi) is 4.36. The standard InChI is InChI=1S/C22H29N2O3/c1-13(25)17-5-6-19-16-4-3-14-11-15(26)7-9-21(14,2)18(16)8-10-22(17,19)20(27)12-24-23/h11,16-19H,3-10,12H2,1-2H3/q+1/t16?,17-,18?,19?,21+,22+/m1/s1. The van der Waals surface area contributed by atoms with E-state index in [9.17, 15) is 14.4 Å². The maximum atomic E-state index is 13.1. The predicted octanol–water partition coefficient (Wildman–Crippen LogP) is 4.13. The van der Waals surface area contributed by atoms with Crippen LogP contribution in [0.3, 0.4) is 0 Å². The van der Waals surface area contributed by atoms with Crippen LogP contribution in [0, 0.1) is 39.9 Å². The zero-order valence-electron chi connectivity index (χ0n) is 16.4. The Labute approximate surface area is 160 Å². The van der Waals surface area contributed by atoms with Crippen molar-refractivity contribution >= 4 is 17.3 Å². The molecule has 5 nitrogen and oxygen atoms in total. The molecule has 0 bridgehead atoms. The van der Waals surface area contributed by atoms with Gasteiger partial charge in [-0.25, -0.2) is 0 Å². The minimum atomic E-state index is -0.638. The Bertz CT molecular complexity index is 779. The van der Waals surface area contributed by atoms with E-state index in [1.165, 1.54) is 5.57 Å². The van der Waals surface area contributed by atoms with Crippen LogP contribution in [-0.2, 0) is 14.4 Å². The van der Waals surface area contributed by atoms with Crippen molar-refractivity contribution in [2.45, 2.75) is 65.2 Å². The van der Waals surface area contributed by atoms with Crippen LogP contribution >= 0.6 is 0 Å². The van der Waals surface area contributed by atoms with Crippen LogP contribution in [0.15, 0.2) is 11.6 Å². The lowest BCUT2D eigenvalue weighted by molar-refractivity contribution is -0.148. The highest BCUT2D eigenvalue weighted by Gasteiger charge is 2.65. The summed E-state index contributed by atoms with van der Waals surface area (Å²) >= 11 is 0. The molecular formula is C22H29N2O3+. The fourth-order valence-electron chi connectivity index (χ4n) is 7.55. The van der Waals surface area contributed by atoms with Crippen LogP contribution < -0.4 is 0 Å². The number of Topliss-reactive ketones (excluding diaryl/α,β-unsaturated/α-hetero) is 2. The number of ketones is 3. The molecule has 0 aromatic heterocycles. The van der Waals surface area contributed by atoms with Gasteiger partial charge in [-0.1, -0.05) is 12.5 Å². The van der Waals surface area contributed by atoms with E-state index in [1.807, 2.05) is 6.08 Å². The monoisotopic (exact) mass is 369 g/mol. The van der Waals surface area contributed by atoms with E-state index in [4.69, 9.17) is 5.39 Å². The highest BCUT2D eigenvalue weighted by atomic mass is 16.1. The number of carbonyl (C=O) groups excluding carboxylic acids is 3. The van der Waals surface area contributed by atoms with E-state index in [1.54, 1.807) is 6.92 Å². The molecule has 0 radical (unpaired) electrons. The van der Waals surface area contributed by atoms with E-state index < -0.39 is 5.41 Å². The Morgan fingerprint density at radius 1 is 1.15 bits per heavy atom. The van der Waals surface area contributed by atoms with Gasteiger partial charge in [0.1, 0.15) is 10.8 Å². The number of diazo groups is 1. The first-order chi connectivity index (χ1) is 12.8. The van der Waals surface area contributed by atoms with Crippen LogP contribution in [0.5, 0.6) is 0 Å². The fraction of sp³-hybridized carbons (Fsp3) is 0.773. The number of fused-ring (bicyclic) bond motifs is 5. The van der Waals surface area contributed by atoms with Gasteiger partial charge in [0.2, 0.25) is 11.2 Å². The number of carbonyl (C=O) groups is 3. The first-order valence-corrected chi connectivity index (χ1v) is 10.4. The zero-order valence-corrected chi connectivity index (χ0v) is 16.4. The summed E-state index contributed by atoms with van der Waals surface area (Å²) in [5, 5.41) is 9.04. The first-order valence-electron chi connectivity index (χ1n) is 10.4. The second kappa shape index (κ2) is 6.36. The number of nitrogens with zero attached hydrogens (tertiary/aromatic N) is 2. The lowest BCUT2D eigenvalue weighted by Crippen LogP contribution is -2.55. The lowest BCUT2D eigenvalue weighted by Gasteiger charge is -2.57. The first kappa shape index (κ1) is 18.5. The third-order valence-corrected chi connectivity index (χ3v) is 8.70. The molecule has 3 unspecified atom stereocenters. The van der Waals surface area contributed by atoms with Gasteiger partial charge in [0.15, 0.2) is 5.78 Å². The summed E-state index contributed by atoms with van der Waals surface area (Å²) in [6, 6.07) is 0. The van der Waals surface area contributed by atoms with Crippen molar-refractivity contribution in [2.24, 2.45) is 34.5 Å². The molecule has 0 N–H and O–H groups in total. The Balaban J connectivity index is 1.73. The van der Waals surface area contributed by atoms with Crippen LogP contribution in [-0.4, -0.2) is 23.9 Å². The average molecular weight is 369 g/mol. The van der Waals surface area contributed by atoms with Gasteiger partial charge in [0, 0.05) is 17.8 Å². The quantitative estimate of drug-likeness (QED) is 0.701. The van der Waals surface area contributed by atoms with E-state index in [0.29, 0.717) is 24.7 Å². The molecule has 144 valence electrons. The normalized spacial score (nSPS) is 43.0. The molecule has 0 aromatic carbocycles. The van der Waals surface area contributed by atoms with Gasteiger partial charge >= 0.3 is 6.54 Å². The minimum absolute atomic E-state index is 0.0449. The SMILES string of the molecule is CC(=O)[C@H]1CCC2C3CCC4=CC(=O)CC[C@]4(C)C3CC[C@@]21C(=O)C[N+]#N. The zero-order chi connectivity index (χ0) is 19.4. The topological polar surface area (TPSA) is 79.4 Å². The molecular weight excluding hydrogens is 340 g/mol. The fourth-order valence-corrected chi connectivity index (χ4v) is 7.55. The third-order valence-electron chi connectivity index (χ3n) is 8.70. The molecule has 0 aromatic rings. The largest absolute Gasteiger partial charge is 0.363 e. The summed E-state index contributed by atoms with van der Waals surface area (Å²) in [5.41, 5.74) is 0.730. The molecule has 4 aliphatic carbocycles. The molecule has 3 fully saturated rings. The smallest absolute Gasteiger partial charge is 0.300 e. The third kappa shape index (κ3) is 2.48. The molecule has 0 heterocycles. The number of allylic oxidation sites excluding steroid dienone is 1. The van der Waals surface area contributed by atoms with Crippen LogP contribution in [0.1, 0.15) is 65.2 Å². The van der Waals surface area contributed by atoms with Crippen molar-refractivity contribution in [1.82, 2.24) is 0 Å². The van der Waals surface area contributed by atoms with Gasteiger partial charge in [-0.2, -0.15) is 0 Å². The van der Waals surface area contributed by atoms with Crippen molar-refractivity contribution in [2.75, 3.05) is 6.54 Å². The molecule has 0 aliphatic heterocycles. The van der Waals surface area contributed by atoms with Gasteiger partial charge in [-0.15, -0.1) is 0 Å². The number of rotatable bonds is 3. The summed E-state index contributed by atoms with van der Waals surface area (Å²) in [6.07, 6.45) is 8.68. The summed E-state index contributed by atoms with van der Waals surface area (Å²) in [5.74, 6) is 1.19. The molecule has 0 spiro atoms. The Hall–Kier alpha value is -1.83. The molecule has 3 saturated carbocycles. The van der Waals surface area contributed by atoms with Crippen LogP contribution in [0.4, 0.5) is 0 Å². The molecule has 0 saturated heterocycles. The van der Waals surface area contributed by atoms with E-state index >= 15 is 0 Å². The van der Waals surface area contributed by atoms with Crippen molar-refractivity contribution in [1.29, 1.82) is 5.39 Å². The molecule has 4 rings (SSSR count). The maximum absolute atomic E-state index is 13.1. The predicted molar refractivity (Wildman–Crippen MR) is 100 cm³/mol. The van der Waals surface area contributed by atoms with Crippen molar-refractivity contribution in [3.8, 4) is 0 Å².